The van der Waals surface area contributed by atoms with Crippen molar-refractivity contribution in [2.75, 3.05) is 6.61 Å². The van der Waals surface area contributed by atoms with Crippen molar-refractivity contribution in [2.24, 2.45) is 4.99 Å². The Labute approximate surface area is 132 Å². The van der Waals surface area contributed by atoms with Gasteiger partial charge in [-0.15, -0.1) is 0 Å². The highest BCUT2D eigenvalue weighted by Crippen LogP contribution is 2.14. The Morgan fingerprint density at radius 2 is 1.29 bits per heavy atom. The lowest BCUT2D eigenvalue weighted by Crippen LogP contribution is -2.00. The number of nitrogens with zero attached hydrogens (tertiary/aromatic N) is 1. The van der Waals surface area contributed by atoms with Gasteiger partial charge >= 0.3 is 0 Å². The maximum absolute atomic E-state index is 5.52. The highest BCUT2D eigenvalue weighted by atomic mass is 16.5. The molecule has 1 rings (SSSR count). The normalized spacial score (nSPS) is 17.8. The molecule has 1 heterocycles. The van der Waals surface area contributed by atoms with Crippen LogP contribution in [0.25, 0.3) is 0 Å². The highest BCUT2D eigenvalue weighted by Gasteiger charge is 2.12. The number of hydrogen-bond acceptors (Lipinski definition) is 2. The Bertz CT molecular complexity index is 262. The van der Waals surface area contributed by atoms with Crippen LogP contribution in [0, 0.1) is 0 Å². The van der Waals surface area contributed by atoms with E-state index >= 15 is 0 Å². The van der Waals surface area contributed by atoms with Gasteiger partial charge in [0.25, 0.3) is 0 Å². The maximum Gasteiger partial charge on any atom is 0.183 e. The maximum atomic E-state index is 5.52. The molecular weight excluding hydrogens is 258 g/mol. The van der Waals surface area contributed by atoms with Gasteiger partial charge in [0.15, 0.2) is 5.90 Å². The highest BCUT2D eigenvalue weighted by molar-refractivity contribution is 5.77. The molecule has 2 heteroatoms. The van der Waals surface area contributed by atoms with E-state index in [1.165, 1.54) is 83.5 Å². The molecule has 0 saturated carbocycles. The third-order valence-corrected chi connectivity index (χ3v) is 4.35. The molecule has 0 unspecified atom stereocenters. The molecule has 2 nitrogen and oxygen atoms in total. The van der Waals surface area contributed by atoms with E-state index in [4.69, 9.17) is 4.74 Å². The summed E-state index contributed by atoms with van der Waals surface area (Å²) >= 11 is 0. The van der Waals surface area contributed by atoms with Crippen molar-refractivity contribution in [1.82, 2.24) is 0 Å². The molecule has 1 aliphatic heterocycles. The van der Waals surface area contributed by atoms with E-state index in [2.05, 4.69) is 18.8 Å². The SMILES string of the molecule is CCCCCCCCCCCCCCCC1=N[C@H](C)CO1. The van der Waals surface area contributed by atoms with Crippen LogP contribution >= 0.6 is 0 Å². The van der Waals surface area contributed by atoms with Crippen molar-refractivity contribution in [3.63, 3.8) is 0 Å². The average Bonchev–Trinajstić information content (AvgIpc) is 2.89. The monoisotopic (exact) mass is 295 g/mol. The smallest absolute Gasteiger partial charge is 0.183 e. The minimum Gasteiger partial charge on any atom is -0.479 e. The molecule has 0 aliphatic carbocycles. The lowest BCUT2D eigenvalue weighted by molar-refractivity contribution is 0.314. The average molecular weight is 296 g/mol. The van der Waals surface area contributed by atoms with Crippen LogP contribution in [0.15, 0.2) is 4.99 Å². The van der Waals surface area contributed by atoms with E-state index in [1.807, 2.05) is 0 Å². The number of rotatable bonds is 14. The molecule has 1 aliphatic rings. The van der Waals surface area contributed by atoms with Gasteiger partial charge < -0.3 is 4.74 Å². The van der Waals surface area contributed by atoms with Gasteiger partial charge in [0.05, 0.1) is 6.04 Å². The first-order chi connectivity index (χ1) is 10.3. The second-order valence-electron chi connectivity index (χ2n) is 6.68. The van der Waals surface area contributed by atoms with Gasteiger partial charge in [-0.05, 0) is 13.3 Å². The summed E-state index contributed by atoms with van der Waals surface area (Å²) in [6.45, 7) is 5.21. The van der Waals surface area contributed by atoms with Crippen LogP contribution in [0.2, 0.25) is 0 Å². The van der Waals surface area contributed by atoms with Crippen molar-refractivity contribution in [3.05, 3.63) is 0 Å². The van der Waals surface area contributed by atoms with Gasteiger partial charge in [0.1, 0.15) is 6.61 Å². The zero-order valence-corrected chi connectivity index (χ0v) is 14.5. The molecule has 0 saturated heterocycles. The molecule has 0 aromatic rings. The van der Waals surface area contributed by atoms with Crippen molar-refractivity contribution in [1.29, 1.82) is 0 Å². The summed E-state index contributed by atoms with van der Waals surface area (Å²) in [5, 5.41) is 0. The standard InChI is InChI=1S/C19H37NO/c1-3-4-5-6-7-8-9-10-11-12-13-14-15-16-19-20-18(2)17-21-19/h18H,3-17H2,1-2H3/t18-/m1/s1. The van der Waals surface area contributed by atoms with Crippen LogP contribution in [0.4, 0.5) is 0 Å². The summed E-state index contributed by atoms with van der Waals surface area (Å²) in [5.74, 6) is 1.01. The van der Waals surface area contributed by atoms with E-state index in [0.717, 1.165) is 18.9 Å². The topological polar surface area (TPSA) is 21.6 Å². The first-order valence-electron chi connectivity index (χ1n) is 9.52. The second kappa shape index (κ2) is 13.2. The summed E-state index contributed by atoms with van der Waals surface area (Å²) in [5.41, 5.74) is 0. The van der Waals surface area contributed by atoms with Gasteiger partial charge in [-0.25, -0.2) is 4.99 Å². The molecule has 0 aromatic carbocycles. The van der Waals surface area contributed by atoms with Crippen LogP contribution in [0.3, 0.4) is 0 Å². The predicted molar refractivity (Wildman–Crippen MR) is 93.2 cm³/mol. The first-order valence-corrected chi connectivity index (χ1v) is 9.52. The molecule has 0 N–H and O–H groups in total. The largest absolute Gasteiger partial charge is 0.479 e. The second-order valence-corrected chi connectivity index (χ2v) is 6.68. The Morgan fingerprint density at radius 1 is 0.810 bits per heavy atom. The fourth-order valence-corrected chi connectivity index (χ4v) is 2.97. The van der Waals surface area contributed by atoms with Crippen LogP contribution < -0.4 is 0 Å². The quantitative estimate of drug-likeness (QED) is 0.345. The van der Waals surface area contributed by atoms with Crippen molar-refractivity contribution in [3.8, 4) is 0 Å². The van der Waals surface area contributed by atoms with E-state index in [9.17, 15) is 0 Å². The minimum absolute atomic E-state index is 0.391. The van der Waals surface area contributed by atoms with Crippen LogP contribution in [0.1, 0.15) is 104 Å². The number of hydrogen-bond donors (Lipinski definition) is 0. The Balaban J connectivity index is 1.72. The molecule has 0 aromatic heterocycles. The van der Waals surface area contributed by atoms with Gasteiger partial charge in [0.2, 0.25) is 0 Å². The predicted octanol–water partition coefficient (Wildman–Crippen LogP) is 6.28. The van der Waals surface area contributed by atoms with Gasteiger partial charge in [-0.3, -0.25) is 0 Å². The first kappa shape index (κ1) is 18.5. The van der Waals surface area contributed by atoms with E-state index in [0.29, 0.717) is 6.04 Å². The third-order valence-electron chi connectivity index (χ3n) is 4.35. The fourth-order valence-electron chi connectivity index (χ4n) is 2.97. The minimum atomic E-state index is 0.391. The molecule has 0 radical (unpaired) electrons. The van der Waals surface area contributed by atoms with Crippen molar-refractivity contribution < 1.29 is 4.74 Å². The third kappa shape index (κ3) is 10.8. The summed E-state index contributed by atoms with van der Waals surface area (Å²) < 4.78 is 5.52. The van der Waals surface area contributed by atoms with E-state index in [1.54, 1.807) is 0 Å². The summed E-state index contributed by atoms with van der Waals surface area (Å²) in [7, 11) is 0. The summed E-state index contributed by atoms with van der Waals surface area (Å²) in [6, 6.07) is 0.391. The van der Waals surface area contributed by atoms with Crippen LogP contribution in [0.5, 0.6) is 0 Å². The summed E-state index contributed by atoms with van der Waals surface area (Å²) in [4.78, 5) is 4.48. The Hall–Kier alpha value is -0.530. The fraction of sp³-hybridized carbons (Fsp3) is 0.947. The molecule has 1 atom stereocenters. The Kier molecular flexibility index (Phi) is 11.6. The van der Waals surface area contributed by atoms with Gasteiger partial charge in [-0.1, -0.05) is 84.0 Å². The lowest BCUT2D eigenvalue weighted by atomic mass is 10.0. The molecular formula is C19H37NO. The van der Waals surface area contributed by atoms with Crippen LogP contribution in [-0.4, -0.2) is 18.5 Å². The van der Waals surface area contributed by atoms with Crippen molar-refractivity contribution in [2.45, 2.75) is 110 Å². The van der Waals surface area contributed by atoms with E-state index < -0.39 is 0 Å². The molecule has 21 heavy (non-hydrogen) atoms. The summed E-state index contributed by atoms with van der Waals surface area (Å²) in [6.07, 6.45) is 19.4. The number of ether oxygens (including phenoxy) is 1. The van der Waals surface area contributed by atoms with Crippen molar-refractivity contribution >= 4 is 5.90 Å². The Morgan fingerprint density at radius 3 is 1.71 bits per heavy atom. The number of aliphatic imine (C=N–C) groups is 1. The lowest BCUT2D eigenvalue weighted by Gasteiger charge is -2.03. The number of unbranched alkanes of at least 4 members (excludes halogenated alkanes) is 12. The molecule has 0 bridgehead atoms. The van der Waals surface area contributed by atoms with Gasteiger partial charge in [-0.2, -0.15) is 0 Å². The zero-order valence-electron chi connectivity index (χ0n) is 14.5. The van der Waals surface area contributed by atoms with Crippen LogP contribution in [-0.2, 0) is 4.74 Å². The molecule has 0 fully saturated rings. The molecule has 124 valence electrons. The molecule has 0 spiro atoms. The molecule has 0 amide bonds. The van der Waals surface area contributed by atoms with Gasteiger partial charge in [0, 0.05) is 6.42 Å². The zero-order chi connectivity index (χ0) is 15.2. The van der Waals surface area contributed by atoms with E-state index in [-0.39, 0.29) is 0 Å².